The van der Waals surface area contributed by atoms with Gasteiger partial charge >= 0.3 is 18.1 Å². The topological polar surface area (TPSA) is 97.7 Å². The molecule has 0 radical (unpaired) electrons. The molecule has 4 saturated carbocycles. The van der Waals surface area contributed by atoms with Gasteiger partial charge in [-0.2, -0.15) is 13.2 Å². The summed E-state index contributed by atoms with van der Waals surface area (Å²) in [6.07, 6.45) is -0.380. The van der Waals surface area contributed by atoms with Crippen LogP contribution in [-0.4, -0.2) is 40.9 Å². The van der Waals surface area contributed by atoms with E-state index in [-0.39, 0.29) is 64.1 Å². The molecular formula is C39H57F3O6. The molecule has 5 aliphatic carbocycles. The molecule has 6 nitrogen and oxygen atoms in total. The highest BCUT2D eigenvalue weighted by molar-refractivity contribution is 6.07. The van der Waals surface area contributed by atoms with Crippen LogP contribution >= 0.6 is 0 Å². The average Bonchev–Trinajstić information content (AvgIpc) is 3.26. The lowest BCUT2D eigenvalue weighted by atomic mass is 9.33. The van der Waals surface area contributed by atoms with E-state index in [1.165, 1.54) is 13.8 Å². The molecule has 0 saturated heterocycles. The van der Waals surface area contributed by atoms with E-state index >= 15 is 0 Å². The minimum atomic E-state index is -4.43. The fraction of sp³-hybridized carbons (Fsp3) is 0.846. The van der Waals surface area contributed by atoms with Gasteiger partial charge in [0.2, 0.25) is 0 Å². The molecule has 0 aromatic heterocycles. The Morgan fingerprint density at radius 2 is 1.54 bits per heavy atom. The van der Waals surface area contributed by atoms with E-state index in [1.54, 1.807) is 0 Å². The van der Waals surface area contributed by atoms with Crippen LogP contribution < -0.4 is 0 Å². The number of carbonyl (C=O) groups excluding carboxylic acids is 3. The third-order valence-electron chi connectivity index (χ3n) is 15.0. The van der Waals surface area contributed by atoms with Crippen LogP contribution in [0.3, 0.4) is 0 Å². The number of ketones is 2. The fourth-order valence-corrected chi connectivity index (χ4v) is 12.3. The fourth-order valence-electron chi connectivity index (χ4n) is 12.3. The van der Waals surface area contributed by atoms with Gasteiger partial charge in [-0.05, 0) is 116 Å². The van der Waals surface area contributed by atoms with Crippen molar-refractivity contribution in [2.75, 3.05) is 0 Å². The van der Waals surface area contributed by atoms with Crippen molar-refractivity contribution >= 4 is 23.5 Å². The maximum Gasteiger partial charge on any atom is 0.389 e. The molecule has 9 heteroatoms. The number of fused-ring (bicyclic) bond motifs is 7. The zero-order valence-corrected chi connectivity index (χ0v) is 30.5. The molecule has 0 aromatic rings. The molecule has 8 atom stereocenters. The zero-order valence-electron chi connectivity index (χ0n) is 30.5. The Hall–Kier alpha value is -2.19. The molecule has 0 unspecified atom stereocenters. The minimum absolute atomic E-state index is 0.0109. The maximum absolute atomic E-state index is 13.9. The van der Waals surface area contributed by atoms with Crippen LogP contribution in [0.15, 0.2) is 11.1 Å². The molecule has 4 fully saturated rings. The molecule has 5 rings (SSSR count). The Labute approximate surface area is 284 Å². The van der Waals surface area contributed by atoms with Crippen molar-refractivity contribution in [2.45, 2.75) is 152 Å². The molecule has 0 aromatic carbocycles. The van der Waals surface area contributed by atoms with Crippen LogP contribution in [0.2, 0.25) is 0 Å². The van der Waals surface area contributed by atoms with Crippen molar-refractivity contribution in [1.82, 2.24) is 0 Å². The number of hydrogen-bond acceptors (Lipinski definition) is 5. The Morgan fingerprint density at radius 3 is 2.12 bits per heavy atom. The summed E-state index contributed by atoms with van der Waals surface area (Å²) in [5.41, 5.74) is -1.46. The molecule has 0 amide bonds. The molecule has 48 heavy (non-hydrogen) atoms. The number of aliphatic carboxylic acids is 1. The van der Waals surface area contributed by atoms with Crippen LogP contribution in [0, 0.1) is 56.2 Å². The Morgan fingerprint density at radius 1 is 0.896 bits per heavy atom. The number of alkyl halides is 3. The first-order valence-corrected chi connectivity index (χ1v) is 18.2. The number of Topliss-reactive ketones (excluding diaryl/α,β-unsaturated/α-hetero) is 2. The number of hydrogen-bond donors (Lipinski definition) is 1. The van der Waals surface area contributed by atoms with Gasteiger partial charge in [-0.25, -0.2) is 0 Å². The van der Waals surface area contributed by atoms with Gasteiger partial charge in [0.25, 0.3) is 0 Å². The van der Waals surface area contributed by atoms with Gasteiger partial charge in [-0.1, -0.05) is 48.5 Å². The summed E-state index contributed by atoms with van der Waals surface area (Å²) in [4.78, 5) is 52.2. The maximum atomic E-state index is 13.9. The number of esters is 1. The SMILES string of the molecule is CC(C)C1=C2[C@H]3CC[C@@H]4[C@@]5(C)CC[C@H](OC(=O)CC(C)(C)C(=O)O)C(C)(C)[C@@H]5CC[C@@]4(C)[C@]3(C)CC[C@@]2(C(=O)CCC(F)(F)F)CC1=O. The normalized spacial score (nSPS) is 39.3. The van der Waals surface area contributed by atoms with E-state index in [4.69, 9.17) is 4.74 Å². The lowest BCUT2D eigenvalue weighted by molar-refractivity contribution is -0.233. The molecule has 0 bridgehead atoms. The predicted molar refractivity (Wildman–Crippen MR) is 176 cm³/mol. The Balaban J connectivity index is 1.46. The van der Waals surface area contributed by atoms with Crippen LogP contribution in [-0.2, 0) is 23.9 Å². The zero-order chi connectivity index (χ0) is 36.0. The summed E-state index contributed by atoms with van der Waals surface area (Å²) in [5.74, 6) is -1.50. The van der Waals surface area contributed by atoms with E-state index in [1.807, 2.05) is 13.8 Å². The van der Waals surface area contributed by atoms with Gasteiger partial charge in [0.15, 0.2) is 5.78 Å². The molecule has 0 spiro atoms. The van der Waals surface area contributed by atoms with E-state index in [0.717, 1.165) is 37.7 Å². The predicted octanol–water partition coefficient (Wildman–Crippen LogP) is 9.29. The van der Waals surface area contributed by atoms with Gasteiger partial charge in [-0.3, -0.25) is 19.2 Å². The summed E-state index contributed by atoms with van der Waals surface area (Å²) < 4.78 is 46.0. The highest BCUT2D eigenvalue weighted by Crippen LogP contribution is 2.77. The van der Waals surface area contributed by atoms with Gasteiger partial charge in [-0.15, -0.1) is 0 Å². The number of carboxylic acid groups (broad SMARTS) is 1. The van der Waals surface area contributed by atoms with Crippen molar-refractivity contribution in [3.8, 4) is 0 Å². The number of allylic oxidation sites excluding steroid dienone is 2. The largest absolute Gasteiger partial charge is 0.481 e. The van der Waals surface area contributed by atoms with Gasteiger partial charge in [0.1, 0.15) is 11.9 Å². The first-order chi connectivity index (χ1) is 21.9. The number of ether oxygens (including phenoxy) is 1. The first-order valence-electron chi connectivity index (χ1n) is 18.2. The second-order valence-corrected chi connectivity index (χ2v) is 18.5. The number of carbonyl (C=O) groups is 4. The minimum Gasteiger partial charge on any atom is -0.481 e. The van der Waals surface area contributed by atoms with Gasteiger partial charge < -0.3 is 9.84 Å². The molecule has 1 N–H and O–H groups in total. The van der Waals surface area contributed by atoms with Crippen molar-refractivity contribution in [3.05, 3.63) is 11.1 Å². The summed E-state index contributed by atoms with van der Waals surface area (Å²) in [5, 5.41) is 9.54. The summed E-state index contributed by atoms with van der Waals surface area (Å²) in [6.45, 7) is 18.5. The highest BCUT2D eigenvalue weighted by Gasteiger charge is 2.71. The molecular weight excluding hydrogens is 621 g/mol. The smallest absolute Gasteiger partial charge is 0.389 e. The summed E-state index contributed by atoms with van der Waals surface area (Å²) in [6, 6.07) is 0. The van der Waals surface area contributed by atoms with Gasteiger partial charge in [0, 0.05) is 18.3 Å². The summed E-state index contributed by atoms with van der Waals surface area (Å²) in [7, 11) is 0. The van der Waals surface area contributed by atoms with E-state index in [2.05, 4.69) is 34.6 Å². The third kappa shape index (κ3) is 5.50. The summed E-state index contributed by atoms with van der Waals surface area (Å²) >= 11 is 0. The Kier molecular flexibility index (Phi) is 9.02. The first kappa shape index (κ1) is 37.1. The number of carboxylic acids is 1. The highest BCUT2D eigenvalue weighted by atomic mass is 19.4. The Bertz CT molecular complexity index is 1410. The second kappa shape index (κ2) is 11.7. The second-order valence-electron chi connectivity index (χ2n) is 18.5. The van der Waals surface area contributed by atoms with E-state index < -0.39 is 47.6 Å². The molecule has 270 valence electrons. The van der Waals surface area contributed by atoms with E-state index in [9.17, 15) is 37.5 Å². The van der Waals surface area contributed by atoms with Crippen LogP contribution in [0.25, 0.3) is 0 Å². The van der Waals surface area contributed by atoms with Crippen molar-refractivity contribution in [1.29, 1.82) is 0 Å². The van der Waals surface area contributed by atoms with Crippen LogP contribution in [0.1, 0.15) is 139 Å². The van der Waals surface area contributed by atoms with Crippen molar-refractivity contribution in [2.24, 2.45) is 56.2 Å². The number of rotatable bonds is 8. The van der Waals surface area contributed by atoms with Crippen molar-refractivity contribution in [3.63, 3.8) is 0 Å². The lowest BCUT2D eigenvalue weighted by Gasteiger charge is -2.72. The van der Waals surface area contributed by atoms with Gasteiger partial charge in [0.05, 0.1) is 23.7 Å². The van der Waals surface area contributed by atoms with Crippen LogP contribution in [0.5, 0.6) is 0 Å². The average molecular weight is 679 g/mol. The number of halogens is 3. The van der Waals surface area contributed by atoms with E-state index in [0.29, 0.717) is 30.8 Å². The van der Waals surface area contributed by atoms with Crippen molar-refractivity contribution < 1.29 is 42.2 Å². The quantitative estimate of drug-likeness (QED) is 0.257. The third-order valence-corrected chi connectivity index (χ3v) is 15.0. The molecule has 5 aliphatic rings. The molecule has 0 heterocycles. The van der Waals surface area contributed by atoms with Crippen LogP contribution in [0.4, 0.5) is 13.2 Å². The lowest BCUT2D eigenvalue weighted by Crippen LogP contribution is -2.66. The standard InChI is InChI=1S/C39H57F3O6/c1-22(2)30-24(43)20-38(27(44)13-17-39(40,41)42)19-18-36(8)23(31(30)38)10-11-26-35(7)15-14-28(48-29(45)21-33(3,4)32(46)47)34(5,6)25(35)12-16-37(26,36)9/h22-23,25-26,28H,10-21H2,1-9H3,(H,46,47)/t23-,25+,26-,28+,35+,36-,37-,38+/m1/s1. The monoisotopic (exact) mass is 678 g/mol. The molecule has 0 aliphatic heterocycles.